The van der Waals surface area contributed by atoms with Crippen LogP contribution in [0.15, 0.2) is 36.4 Å². The molecule has 0 unspecified atom stereocenters. The summed E-state index contributed by atoms with van der Waals surface area (Å²) in [7, 11) is 0. The number of anilines is 1. The third-order valence-corrected chi connectivity index (χ3v) is 4.28. The summed E-state index contributed by atoms with van der Waals surface area (Å²) in [6, 6.07) is 12.0. The molecule has 2 aromatic carbocycles. The van der Waals surface area contributed by atoms with E-state index >= 15 is 0 Å². The van der Waals surface area contributed by atoms with Crippen molar-refractivity contribution >= 4 is 34.2 Å². The lowest BCUT2D eigenvalue weighted by Gasteiger charge is -2.15. The van der Waals surface area contributed by atoms with Gasteiger partial charge in [-0.05, 0) is 83.3 Å². The molecule has 1 N–H and O–H groups in total. The molecule has 0 heterocycles. The molecule has 0 saturated heterocycles. The second kappa shape index (κ2) is 7.81. The SMILES string of the molecule is Cc1ccc(C(C)C)c(OCC(=O)Nc2ccc(I)cc2C)c1. The van der Waals surface area contributed by atoms with Crippen LogP contribution in [0.4, 0.5) is 5.69 Å². The molecule has 122 valence electrons. The number of amides is 1. The lowest BCUT2D eigenvalue weighted by Crippen LogP contribution is -2.21. The summed E-state index contributed by atoms with van der Waals surface area (Å²) in [5.41, 5.74) is 4.11. The highest BCUT2D eigenvalue weighted by molar-refractivity contribution is 14.1. The first-order chi connectivity index (χ1) is 10.9. The number of hydrogen-bond donors (Lipinski definition) is 1. The van der Waals surface area contributed by atoms with E-state index in [1.807, 2.05) is 38.1 Å². The van der Waals surface area contributed by atoms with Gasteiger partial charge in [-0.2, -0.15) is 0 Å². The maximum Gasteiger partial charge on any atom is 0.262 e. The first kappa shape index (κ1) is 17.8. The molecule has 23 heavy (non-hydrogen) atoms. The van der Waals surface area contributed by atoms with Crippen LogP contribution in [0.3, 0.4) is 0 Å². The minimum Gasteiger partial charge on any atom is -0.483 e. The Hall–Kier alpha value is -1.56. The third-order valence-electron chi connectivity index (χ3n) is 3.61. The normalized spacial score (nSPS) is 10.7. The van der Waals surface area contributed by atoms with Crippen LogP contribution in [0.5, 0.6) is 5.75 Å². The molecule has 0 saturated carbocycles. The van der Waals surface area contributed by atoms with Crippen molar-refractivity contribution in [3.8, 4) is 5.75 Å². The smallest absolute Gasteiger partial charge is 0.262 e. The van der Waals surface area contributed by atoms with E-state index in [4.69, 9.17) is 4.74 Å². The highest BCUT2D eigenvalue weighted by Crippen LogP contribution is 2.27. The summed E-state index contributed by atoms with van der Waals surface area (Å²) >= 11 is 2.26. The van der Waals surface area contributed by atoms with Gasteiger partial charge in [0.15, 0.2) is 6.61 Å². The Kier molecular flexibility index (Phi) is 6.04. The fourth-order valence-electron chi connectivity index (χ4n) is 2.34. The number of ether oxygens (including phenoxy) is 1. The van der Waals surface area contributed by atoms with Gasteiger partial charge >= 0.3 is 0 Å². The predicted octanol–water partition coefficient (Wildman–Crippen LogP) is 5.05. The molecule has 2 rings (SSSR count). The highest BCUT2D eigenvalue weighted by Gasteiger charge is 2.11. The van der Waals surface area contributed by atoms with Crippen molar-refractivity contribution in [2.45, 2.75) is 33.6 Å². The quantitative estimate of drug-likeness (QED) is 0.684. The van der Waals surface area contributed by atoms with Gasteiger partial charge in [0.1, 0.15) is 5.75 Å². The topological polar surface area (TPSA) is 38.3 Å². The Labute approximate surface area is 151 Å². The number of carbonyl (C=O) groups excluding carboxylic acids is 1. The largest absolute Gasteiger partial charge is 0.483 e. The van der Waals surface area contributed by atoms with E-state index in [9.17, 15) is 4.79 Å². The van der Waals surface area contributed by atoms with Gasteiger partial charge in [0.2, 0.25) is 0 Å². The zero-order valence-corrected chi connectivity index (χ0v) is 16.1. The van der Waals surface area contributed by atoms with Crippen molar-refractivity contribution in [2.75, 3.05) is 11.9 Å². The first-order valence-electron chi connectivity index (χ1n) is 7.66. The van der Waals surface area contributed by atoms with Gasteiger partial charge in [0, 0.05) is 9.26 Å². The molecule has 0 atom stereocenters. The van der Waals surface area contributed by atoms with Gasteiger partial charge < -0.3 is 10.1 Å². The summed E-state index contributed by atoms with van der Waals surface area (Å²) in [6.07, 6.45) is 0. The number of nitrogens with one attached hydrogen (secondary N) is 1. The summed E-state index contributed by atoms with van der Waals surface area (Å²) in [5, 5.41) is 2.90. The van der Waals surface area contributed by atoms with Gasteiger partial charge in [0.05, 0.1) is 0 Å². The predicted molar refractivity (Wildman–Crippen MR) is 103 cm³/mol. The molecule has 1 amide bonds. The molecular weight excluding hydrogens is 401 g/mol. The minimum atomic E-state index is -0.148. The van der Waals surface area contributed by atoms with Crippen LogP contribution in [0.2, 0.25) is 0 Å². The molecule has 0 spiro atoms. The van der Waals surface area contributed by atoms with E-state index in [1.165, 1.54) is 0 Å². The maximum absolute atomic E-state index is 12.2. The van der Waals surface area contributed by atoms with Gasteiger partial charge in [-0.3, -0.25) is 4.79 Å². The number of aryl methyl sites for hydroxylation is 2. The van der Waals surface area contributed by atoms with Gasteiger partial charge in [-0.25, -0.2) is 0 Å². The molecule has 0 aliphatic heterocycles. The van der Waals surface area contributed by atoms with E-state index < -0.39 is 0 Å². The standard InChI is InChI=1S/C19H22INO2/c1-12(2)16-7-5-13(3)9-18(16)23-11-19(22)21-17-8-6-15(20)10-14(17)4/h5-10,12H,11H2,1-4H3,(H,21,22). The molecule has 0 aliphatic rings. The molecule has 0 aliphatic carbocycles. The van der Waals surface area contributed by atoms with Gasteiger partial charge in [-0.1, -0.05) is 26.0 Å². The number of hydrogen-bond acceptors (Lipinski definition) is 2. The summed E-state index contributed by atoms with van der Waals surface area (Å²) < 4.78 is 6.91. The van der Waals surface area contributed by atoms with Crippen molar-refractivity contribution in [1.29, 1.82) is 0 Å². The zero-order valence-electron chi connectivity index (χ0n) is 13.9. The van der Waals surface area contributed by atoms with Crippen LogP contribution < -0.4 is 10.1 Å². The molecule has 0 aromatic heterocycles. The van der Waals surface area contributed by atoms with Crippen LogP contribution >= 0.6 is 22.6 Å². The Morgan fingerprint density at radius 1 is 1.17 bits per heavy atom. The van der Waals surface area contributed by atoms with Crippen LogP contribution in [-0.4, -0.2) is 12.5 Å². The summed E-state index contributed by atoms with van der Waals surface area (Å²) in [6.45, 7) is 8.25. The maximum atomic E-state index is 12.2. The van der Waals surface area contributed by atoms with Gasteiger partial charge in [-0.15, -0.1) is 0 Å². The molecular formula is C19H22INO2. The Balaban J connectivity index is 2.03. The number of carbonyl (C=O) groups is 1. The number of rotatable bonds is 5. The van der Waals surface area contributed by atoms with Crippen molar-refractivity contribution in [2.24, 2.45) is 0 Å². The van der Waals surface area contributed by atoms with Gasteiger partial charge in [0.25, 0.3) is 5.91 Å². The third kappa shape index (κ3) is 4.96. The lowest BCUT2D eigenvalue weighted by molar-refractivity contribution is -0.118. The second-order valence-corrected chi connectivity index (χ2v) is 7.24. The monoisotopic (exact) mass is 423 g/mol. The average molecular weight is 423 g/mol. The lowest BCUT2D eigenvalue weighted by atomic mass is 10.0. The molecule has 3 nitrogen and oxygen atoms in total. The summed E-state index contributed by atoms with van der Waals surface area (Å²) in [5.74, 6) is 0.993. The fourth-order valence-corrected chi connectivity index (χ4v) is 2.99. The van der Waals surface area contributed by atoms with Crippen molar-refractivity contribution < 1.29 is 9.53 Å². The van der Waals surface area contributed by atoms with Crippen molar-refractivity contribution in [3.05, 3.63) is 56.7 Å². The Bertz CT molecular complexity index is 711. The highest BCUT2D eigenvalue weighted by atomic mass is 127. The van der Waals surface area contributed by atoms with Crippen LogP contribution in [0.25, 0.3) is 0 Å². The molecule has 2 aromatic rings. The van der Waals surface area contributed by atoms with E-state index in [0.717, 1.165) is 31.7 Å². The summed E-state index contributed by atoms with van der Waals surface area (Å²) in [4.78, 5) is 12.2. The van der Waals surface area contributed by atoms with E-state index in [1.54, 1.807) is 0 Å². The van der Waals surface area contributed by atoms with E-state index in [0.29, 0.717) is 5.92 Å². The zero-order chi connectivity index (χ0) is 17.0. The van der Waals surface area contributed by atoms with Crippen LogP contribution in [0, 0.1) is 17.4 Å². The van der Waals surface area contributed by atoms with E-state index in [-0.39, 0.29) is 12.5 Å². The second-order valence-electron chi connectivity index (χ2n) is 5.99. The van der Waals surface area contributed by atoms with Crippen LogP contribution in [-0.2, 0) is 4.79 Å². The Morgan fingerprint density at radius 3 is 2.57 bits per heavy atom. The van der Waals surface area contributed by atoms with Crippen molar-refractivity contribution in [3.63, 3.8) is 0 Å². The molecule has 4 heteroatoms. The average Bonchev–Trinajstić information content (AvgIpc) is 2.48. The molecule has 0 radical (unpaired) electrons. The number of benzene rings is 2. The minimum absolute atomic E-state index is 0.00853. The molecule has 0 fully saturated rings. The Morgan fingerprint density at radius 2 is 1.91 bits per heavy atom. The fraction of sp³-hybridized carbons (Fsp3) is 0.316. The van der Waals surface area contributed by atoms with Crippen molar-refractivity contribution in [1.82, 2.24) is 0 Å². The number of halogens is 1. The van der Waals surface area contributed by atoms with E-state index in [2.05, 4.69) is 53.9 Å². The first-order valence-corrected chi connectivity index (χ1v) is 8.74. The van der Waals surface area contributed by atoms with Crippen LogP contribution in [0.1, 0.15) is 36.5 Å². The molecule has 0 bridgehead atoms.